The minimum atomic E-state index is -0.750. The van der Waals surface area contributed by atoms with E-state index in [2.05, 4.69) is 30.7 Å². The average Bonchev–Trinajstić information content (AvgIpc) is 2.28. The van der Waals surface area contributed by atoms with E-state index in [0.29, 0.717) is 5.92 Å². The molecule has 1 rings (SSSR count). The third-order valence-corrected chi connectivity index (χ3v) is 2.37. The average molecular weight is 256 g/mol. The summed E-state index contributed by atoms with van der Waals surface area (Å²) >= 11 is -0.750. The predicted molar refractivity (Wildman–Crippen MR) is 68.4 cm³/mol. The lowest BCUT2D eigenvalue weighted by Crippen LogP contribution is -2.03. The molecule has 0 spiro atoms. The van der Waals surface area contributed by atoms with Gasteiger partial charge in [-0.1, -0.05) is 27.2 Å². The van der Waals surface area contributed by atoms with Crippen LogP contribution in [0.3, 0.4) is 0 Å². The zero-order chi connectivity index (χ0) is 13.3. The first-order valence-corrected chi connectivity index (χ1v) is 6.47. The molecule has 0 unspecified atom stereocenters. The predicted octanol–water partition coefficient (Wildman–Crippen LogP) is 2.58. The molecule has 0 aliphatic rings. The van der Waals surface area contributed by atoms with Gasteiger partial charge in [0.15, 0.2) is 0 Å². The van der Waals surface area contributed by atoms with Crippen LogP contribution in [-0.4, -0.2) is 18.4 Å². The van der Waals surface area contributed by atoms with Gasteiger partial charge in [0.05, 0.1) is 0 Å². The van der Waals surface area contributed by atoms with Crippen molar-refractivity contribution < 1.29 is 8.42 Å². The molecule has 5 heteroatoms. The standard InChI is InChI=1S/C12H20N2.O2S/c1-5-6-7-11-8-13-10(4)14-12(11)9(2)3;1-3-2/h8-9H,5-7H2,1-4H3;. The maximum absolute atomic E-state index is 8.29. The largest absolute Gasteiger partial charge is 0.335 e. The quantitative estimate of drug-likeness (QED) is 0.830. The Morgan fingerprint density at radius 2 is 1.94 bits per heavy atom. The summed E-state index contributed by atoms with van der Waals surface area (Å²) in [5.41, 5.74) is 2.55. The maximum atomic E-state index is 8.29. The van der Waals surface area contributed by atoms with E-state index in [9.17, 15) is 0 Å². The number of aromatic nitrogens is 2. The fourth-order valence-electron chi connectivity index (χ4n) is 1.57. The Morgan fingerprint density at radius 1 is 1.35 bits per heavy atom. The van der Waals surface area contributed by atoms with Gasteiger partial charge in [0.1, 0.15) is 5.82 Å². The number of nitrogens with zero attached hydrogens (tertiary/aromatic N) is 2. The van der Waals surface area contributed by atoms with Gasteiger partial charge in [-0.25, -0.2) is 9.97 Å². The molecule has 0 atom stereocenters. The maximum Gasteiger partial charge on any atom is 0.335 e. The van der Waals surface area contributed by atoms with E-state index in [1.54, 1.807) is 0 Å². The molecule has 17 heavy (non-hydrogen) atoms. The van der Waals surface area contributed by atoms with Crippen LogP contribution in [0, 0.1) is 6.92 Å². The van der Waals surface area contributed by atoms with Crippen LogP contribution >= 0.6 is 0 Å². The first-order valence-electron chi connectivity index (χ1n) is 5.81. The Labute approximate surface area is 106 Å². The molecule has 0 N–H and O–H groups in total. The van der Waals surface area contributed by atoms with Crippen molar-refractivity contribution in [3.8, 4) is 0 Å². The lowest BCUT2D eigenvalue weighted by atomic mass is 10.0. The van der Waals surface area contributed by atoms with Crippen molar-refractivity contribution in [2.45, 2.75) is 52.9 Å². The van der Waals surface area contributed by atoms with Gasteiger partial charge in [0.2, 0.25) is 0 Å². The molecule has 0 aliphatic carbocycles. The van der Waals surface area contributed by atoms with Crippen LogP contribution in [0.1, 0.15) is 56.6 Å². The fraction of sp³-hybridized carbons (Fsp3) is 0.667. The van der Waals surface area contributed by atoms with Crippen molar-refractivity contribution in [3.63, 3.8) is 0 Å². The number of hydrogen-bond acceptors (Lipinski definition) is 4. The second-order valence-corrected chi connectivity index (χ2v) is 4.29. The highest BCUT2D eigenvalue weighted by molar-refractivity contribution is 7.51. The molecule has 0 saturated carbocycles. The molecule has 0 radical (unpaired) electrons. The van der Waals surface area contributed by atoms with Crippen molar-refractivity contribution >= 4 is 11.6 Å². The molecule has 0 fully saturated rings. The minimum Gasteiger partial charge on any atom is -0.241 e. The molecule has 0 bridgehead atoms. The number of aryl methyl sites for hydroxylation is 2. The highest BCUT2D eigenvalue weighted by Gasteiger charge is 2.08. The van der Waals surface area contributed by atoms with Crippen molar-refractivity contribution in [2.75, 3.05) is 0 Å². The second kappa shape index (κ2) is 8.98. The molecular weight excluding hydrogens is 236 g/mol. The van der Waals surface area contributed by atoms with E-state index in [1.807, 2.05) is 13.1 Å². The number of rotatable bonds is 4. The lowest BCUT2D eigenvalue weighted by Gasteiger charge is -2.11. The van der Waals surface area contributed by atoms with E-state index < -0.39 is 11.6 Å². The zero-order valence-corrected chi connectivity index (χ0v) is 11.7. The van der Waals surface area contributed by atoms with Gasteiger partial charge in [-0.05, 0) is 31.2 Å². The first kappa shape index (κ1) is 15.9. The molecular formula is C12H20N2O2S. The molecule has 1 aromatic heterocycles. The third kappa shape index (κ3) is 6.26. The van der Waals surface area contributed by atoms with E-state index in [1.165, 1.54) is 24.1 Å². The van der Waals surface area contributed by atoms with Gasteiger partial charge in [-0.3, -0.25) is 0 Å². The highest BCUT2D eigenvalue weighted by Crippen LogP contribution is 2.18. The Bertz CT molecular complexity index is 375. The Balaban J connectivity index is 0.000000770. The fourth-order valence-corrected chi connectivity index (χ4v) is 1.57. The van der Waals surface area contributed by atoms with Crippen molar-refractivity contribution in [1.82, 2.24) is 9.97 Å². The van der Waals surface area contributed by atoms with Crippen LogP contribution in [-0.2, 0) is 18.0 Å². The van der Waals surface area contributed by atoms with Gasteiger partial charge < -0.3 is 0 Å². The molecule has 96 valence electrons. The van der Waals surface area contributed by atoms with E-state index >= 15 is 0 Å². The number of unbranched alkanes of at least 4 members (excludes halogenated alkanes) is 1. The topological polar surface area (TPSA) is 59.9 Å². The molecule has 0 aromatic carbocycles. The van der Waals surface area contributed by atoms with Crippen molar-refractivity contribution in [2.24, 2.45) is 0 Å². The van der Waals surface area contributed by atoms with Crippen LogP contribution in [0.4, 0.5) is 0 Å². The molecule has 0 aliphatic heterocycles. The molecule has 1 heterocycles. The van der Waals surface area contributed by atoms with Gasteiger partial charge in [0, 0.05) is 11.9 Å². The van der Waals surface area contributed by atoms with Crippen LogP contribution in [0.5, 0.6) is 0 Å². The minimum absolute atomic E-state index is 0.503. The third-order valence-electron chi connectivity index (χ3n) is 2.37. The van der Waals surface area contributed by atoms with Crippen molar-refractivity contribution in [1.29, 1.82) is 0 Å². The zero-order valence-electron chi connectivity index (χ0n) is 10.9. The second-order valence-electron chi connectivity index (χ2n) is 4.15. The number of hydrogen-bond donors (Lipinski definition) is 0. The van der Waals surface area contributed by atoms with E-state index in [-0.39, 0.29) is 0 Å². The van der Waals surface area contributed by atoms with Crippen LogP contribution in [0.25, 0.3) is 0 Å². The smallest absolute Gasteiger partial charge is 0.241 e. The summed E-state index contributed by atoms with van der Waals surface area (Å²) in [6, 6.07) is 0. The molecule has 0 saturated heterocycles. The Hall–Kier alpha value is -1.10. The summed E-state index contributed by atoms with van der Waals surface area (Å²) in [5.74, 6) is 1.39. The highest BCUT2D eigenvalue weighted by atomic mass is 32.1. The summed E-state index contributed by atoms with van der Waals surface area (Å²) < 4.78 is 16.6. The van der Waals surface area contributed by atoms with Crippen LogP contribution < -0.4 is 0 Å². The van der Waals surface area contributed by atoms with Gasteiger partial charge in [0.25, 0.3) is 0 Å². The summed E-state index contributed by atoms with van der Waals surface area (Å²) in [5, 5.41) is 0. The summed E-state index contributed by atoms with van der Waals surface area (Å²) in [6.45, 7) is 8.55. The summed E-state index contributed by atoms with van der Waals surface area (Å²) in [6.07, 6.45) is 5.56. The van der Waals surface area contributed by atoms with E-state index in [0.717, 1.165) is 12.2 Å². The summed E-state index contributed by atoms with van der Waals surface area (Å²) in [7, 11) is 0. The van der Waals surface area contributed by atoms with Gasteiger partial charge in [-0.2, -0.15) is 8.42 Å². The van der Waals surface area contributed by atoms with Gasteiger partial charge in [-0.15, -0.1) is 0 Å². The molecule has 0 amide bonds. The molecule has 1 aromatic rings. The van der Waals surface area contributed by atoms with Crippen molar-refractivity contribution in [3.05, 3.63) is 23.3 Å². The lowest BCUT2D eigenvalue weighted by molar-refractivity contribution is 0.630. The van der Waals surface area contributed by atoms with E-state index in [4.69, 9.17) is 8.42 Å². The summed E-state index contributed by atoms with van der Waals surface area (Å²) in [4.78, 5) is 8.78. The van der Waals surface area contributed by atoms with Crippen LogP contribution in [0.15, 0.2) is 6.20 Å². The molecule has 4 nitrogen and oxygen atoms in total. The SMILES string of the molecule is CCCCc1cnc(C)nc1C(C)C.O=S=O. The van der Waals surface area contributed by atoms with Crippen LogP contribution in [0.2, 0.25) is 0 Å². The Kier molecular flexibility index (Phi) is 8.40. The Morgan fingerprint density at radius 3 is 2.41 bits per heavy atom. The monoisotopic (exact) mass is 256 g/mol. The normalized spacial score (nSPS) is 9.71. The first-order chi connectivity index (χ1) is 8.06. The van der Waals surface area contributed by atoms with Gasteiger partial charge >= 0.3 is 11.6 Å².